The van der Waals surface area contributed by atoms with Crippen molar-refractivity contribution < 1.29 is 19.7 Å². The minimum absolute atomic E-state index is 0.215. The highest BCUT2D eigenvalue weighted by Gasteiger charge is 2.42. The summed E-state index contributed by atoms with van der Waals surface area (Å²) in [5, 5.41) is 22.8. The van der Waals surface area contributed by atoms with E-state index in [4.69, 9.17) is 9.47 Å². The second-order valence-corrected chi connectivity index (χ2v) is 5.29. The van der Waals surface area contributed by atoms with E-state index in [-0.39, 0.29) is 6.61 Å². The lowest BCUT2D eigenvalue weighted by molar-refractivity contribution is -0.0398. The van der Waals surface area contributed by atoms with Crippen LogP contribution in [-0.4, -0.2) is 57.9 Å². The molecule has 0 spiro atoms. The summed E-state index contributed by atoms with van der Waals surface area (Å²) in [5.41, 5.74) is -0.506. The average molecular weight is 313 g/mol. The maximum Gasteiger partial charge on any atom is 0.346 e. The lowest BCUT2D eigenvalue weighted by Gasteiger charge is -2.17. The molecule has 1 fully saturated rings. The monoisotopic (exact) mass is 313 g/mol. The first-order chi connectivity index (χ1) is 10.6. The summed E-state index contributed by atoms with van der Waals surface area (Å²) in [6, 6.07) is 1.54. The summed E-state index contributed by atoms with van der Waals surface area (Å²) in [6.07, 6.45) is 0.921. The van der Waals surface area contributed by atoms with Gasteiger partial charge in [0.1, 0.15) is 24.1 Å². The molecule has 1 aliphatic heterocycles. The first-order valence-electron chi connectivity index (χ1n) is 7.53. The smallest absolute Gasteiger partial charge is 0.346 e. The predicted octanol–water partition coefficient (Wildman–Crippen LogP) is -0.165. The second kappa shape index (κ2) is 8.23. The lowest BCUT2D eigenvalue weighted by atomic mass is 10.1. The van der Waals surface area contributed by atoms with E-state index in [1.54, 1.807) is 6.07 Å². The van der Waals surface area contributed by atoms with E-state index >= 15 is 0 Å². The third kappa shape index (κ3) is 4.51. The molecule has 1 aromatic rings. The molecule has 0 unspecified atom stereocenters. The Morgan fingerprint density at radius 3 is 2.95 bits per heavy atom. The molecule has 0 amide bonds. The van der Waals surface area contributed by atoms with E-state index < -0.39 is 30.2 Å². The normalized spacial score (nSPS) is 28.0. The zero-order chi connectivity index (χ0) is 15.9. The lowest BCUT2D eigenvalue weighted by Crippen LogP contribution is -2.37. The van der Waals surface area contributed by atoms with Crippen LogP contribution in [0.25, 0.3) is 0 Å². The highest BCUT2D eigenvalue weighted by molar-refractivity contribution is 5.33. The van der Waals surface area contributed by atoms with Gasteiger partial charge in [0.25, 0.3) is 0 Å². The van der Waals surface area contributed by atoms with Crippen LogP contribution in [0.4, 0.5) is 5.82 Å². The standard InChI is InChI=1S/C14H23N3O5/c1-2-3-4-7-21-8-9-11(18)12(19)13(22-9)16-10-5-6-15-14(20)17-10/h5-6,9,11-13,18-19H,2-4,7-8H2,1H3,(H2,15,16,17,20)/t9-,11-,12+,13-/m1/s1. The van der Waals surface area contributed by atoms with Crippen molar-refractivity contribution in [3.8, 4) is 0 Å². The quantitative estimate of drug-likeness (QED) is 0.492. The molecule has 4 N–H and O–H groups in total. The molecule has 0 bridgehead atoms. The molecule has 0 radical (unpaired) electrons. The maximum atomic E-state index is 11.1. The first kappa shape index (κ1) is 16.9. The largest absolute Gasteiger partial charge is 0.387 e. The van der Waals surface area contributed by atoms with Gasteiger partial charge in [0.2, 0.25) is 0 Å². The van der Waals surface area contributed by atoms with E-state index in [2.05, 4.69) is 22.2 Å². The molecule has 2 rings (SSSR count). The molecular formula is C14H23N3O5. The van der Waals surface area contributed by atoms with Crippen molar-refractivity contribution >= 4 is 5.82 Å². The van der Waals surface area contributed by atoms with Crippen LogP contribution in [-0.2, 0) is 9.47 Å². The van der Waals surface area contributed by atoms with Crippen LogP contribution >= 0.6 is 0 Å². The summed E-state index contributed by atoms with van der Waals surface area (Å²) in [6.45, 7) is 2.93. The Balaban J connectivity index is 1.83. The molecule has 1 aliphatic rings. The predicted molar refractivity (Wildman–Crippen MR) is 79.5 cm³/mol. The van der Waals surface area contributed by atoms with E-state index in [9.17, 15) is 15.0 Å². The van der Waals surface area contributed by atoms with E-state index in [1.807, 2.05) is 0 Å². The van der Waals surface area contributed by atoms with Crippen molar-refractivity contribution in [2.45, 2.75) is 50.7 Å². The average Bonchev–Trinajstić information content (AvgIpc) is 2.75. The number of nitrogens with zero attached hydrogens (tertiary/aromatic N) is 1. The number of hydrogen-bond acceptors (Lipinski definition) is 7. The van der Waals surface area contributed by atoms with Gasteiger partial charge >= 0.3 is 5.69 Å². The second-order valence-electron chi connectivity index (χ2n) is 5.29. The third-order valence-corrected chi connectivity index (χ3v) is 3.51. The Morgan fingerprint density at radius 2 is 2.23 bits per heavy atom. The number of anilines is 1. The molecule has 124 valence electrons. The van der Waals surface area contributed by atoms with Crippen LogP contribution in [0.1, 0.15) is 26.2 Å². The Labute approximate surface area is 128 Å². The molecule has 8 nitrogen and oxygen atoms in total. The molecular weight excluding hydrogens is 290 g/mol. The number of unbranched alkanes of at least 4 members (excludes halogenated alkanes) is 2. The van der Waals surface area contributed by atoms with Gasteiger partial charge in [0.05, 0.1) is 6.61 Å². The Hall–Kier alpha value is -1.48. The van der Waals surface area contributed by atoms with Gasteiger partial charge in [-0.1, -0.05) is 19.8 Å². The van der Waals surface area contributed by atoms with Crippen molar-refractivity contribution in [1.29, 1.82) is 0 Å². The number of rotatable bonds is 8. The molecule has 0 aliphatic carbocycles. The van der Waals surface area contributed by atoms with Crippen LogP contribution in [0.2, 0.25) is 0 Å². The topological polar surface area (TPSA) is 117 Å². The Kier molecular flexibility index (Phi) is 6.32. The van der Waals surface area contributed by atoms with Crippen molar-refractivity contribution in [3.63, 3.8) is 0 Å². The van der Waals surface area contributed by atoms with Gasteiger partial charge in [-0.15, -0.1) is 0 Å². The molecule has 1 aromatic heterocycles. The van der Waals surface area contributed by atoms with Crippen molar-refractivity contribution in [2.24, 2.45) is 0 Å². The number of H-pyrrole nitrogens is 1. The Bertz CT molecular complexity index is 509. The summed E-state index contributed by atoms with van der Waals surface area (Å²) in [4.78, 5) is 17.1. The van der Waals surface area contributed by atoms with Gasteiger partial charge in [-0.05, 0) is 12.5 Å². The number of nitrogens with one attached hydrogen (secondary N) is 2. The molecule has 4 atom stereocenters. The number of ether oxygens (including phenoxy) is 2. The van der Waals surface area contributed by atoms with Crippen LogP contribution in [0.5, 0.6) is 0 Å². The van der Waals surface area contributed by atoms with Crippen molar-refractivity contribution in [1.82, 2.24) is 9.97 Å². The van der Waals surface area contributed by atoms with E-state index in [0.717, 1.165) is 19.3 Å². The number of aromatic nitrogens is 2. The molecule has 0 saturated carbocycles. The fraction of sp³-hybridized carbons (Fsp3) is 0.714. The van der Waals surface area contributed by atoms with E-state index in [0.29, 0.717) is 12.4 Å². The molecule has 1 saturated heterocycles. The van der Waals surface area contributed by atoms with Gasteiger partial charge in [0, 0.05) is 12.8 Å². The molecule has 0 aromatic carbocycles. The zero-order valence-corrected chi connectivity index (χ0v) is 12.6. The minimum atomic E-state index is -1.11. The maximum absolute atomic E-state index is 11.1. The van der Waals surface area contributed by atoms with Gasteiger partial charge in [-0.25, -0.2) is 9.78 Å². The van der Waals surface area contributed by atoms with Crippen molar-refractivity contribution in [3.05, 3.63) is 22.7 Å². The van der Waals surface area contributed by atoms with Crippen LogP contribution < -0.4 is 11.0 Å². The summed E-state index contributed by atoms with van der Waals surface area (Å²) >= 11 is 0. The van der Waals surface area contributed by atoms with Gasteiger partial charge < -0.3 is 25.0 Å². The fourth-order valence-electron chi connectivity index (χ4n) is 2.27. The molecule has 22 heavy (non-hydrogen) atoms. The van der Waals surface area contributed by atoms with Crippen LogP contribution in [0, 0.1) is 0 Å². The fourth-order valence-corrected chi connectivity index (χ4v) is 2.27. The summed E-state index contributed by atoms with van der Waals surface area (Å²) in [7, 11) is 0. The highest BCUT2D eigenvalue weighted by Crippen LogP contribution is 2.22. The number of aromatic amines is 1. The molecule has 2 heterocycles. The van der Waals surface area contributed by atoms with Gasteiger partial charge in [-0.3, -0.25) is 4.98 Å². The third-order valence-electron chi connectivity index (χ3n) is 3.51. The minimum Gasteiger partial charge on any atom is -0.387 e. The number of aliphatic hydroxyl groups excluding tert-OH is 2. The molecule has 8 heteroatoms. The zero-order valence-electron chi connectivity index (χ0n) is 12.6. The summed E-state index contributed by atoms with van der Waals surface area (Å²) in [5.74, 6) is 0.362. The van der Waals surface area contributed by atoms with Crippen LogP contribution in [0.15, 0.2) is 17.1 Å². The highest BCUT2D eigenvalue weighted by atomic mass is 16.6. The van der Waals surface area contributed by atoms with Gasteiger partial charge in [0.15, 0.2) is 6.23 Å². The number of hydrogen-bond donors (Lipinski definition) is 4. The van der Waals surface area contributed by atoms with Crippen LogP contribution in [0.3, 0.4) is 0 Å². The van der Waals surface area contributed by atoms with Gasteiger partial charge in [-0.2, -0.15) is 0 Å². The SMILES string of the molecule is CCCCCOC[C@H]1O[C@@H](Nc2ccnc(=O)[nH]2)[C@@H](O)[C@@H]1O. The number of aliphatic hydroxyl groups is 2. The Morgan fingerprint density at radius 1 is 1.41 bits per heavy atom. The first-order valence-corrected chi connectivity index (χ1v) is 7.53. The van der Waals surface area contributed by atoms with Crippen molar-refractivity contribution in [2.75, 3.05) is 18.5 Å². The summed E-state index contributed by atoms with van der Waals surface area (Å²) < 4.78 is 11.0. The van der Waals surface area contributed by atoms with E-state index in [1.165, 1.54) is 6.20 Å².